The quantitative estimate of drug-likeness (QED) is 0.716. The van der Waals surface area contributed by atoms with E-state index in [9.17, 15) is 4.79 Å². The van der Waals surface area contributed by atoms with E-state index in [2.05, 4.69) is 39.1 Å². The Bertz CT molecular complexity index is 919. The molecule has 1 saturated carbocycles. The molecule has 1 amide bonds. The minimum absolute atomic E-state index is 0.213. The van der Waals surface area contributed by atoms with Crippen molar-refractivity contribution in [3.8, 4) is 0 Å². The fourth-order valence-corrected chi connectivity index (χ4v) is 3.77. The average molecular weight is 361 g/mol. The molecule has 1 aromatic carbocycles. The van der Waals surface area contributed by atoms with Crippen molar-refractivity contribution in [2.45, 2.75) is 25.2 Å². The Morgan fingerprint density at radius 2 is 1.85 bits per heavy atom. The van der Waals surface area contributed by atoms with Crippen LogP contribution in [-0.4, -0.2) is 51.4 Å². The smallest absolute Gasteiger partial charge is 0.235 e. The lowest BCUT2D eigenvalue weighted by molar-refractivity contribution is -0.130. The molecule has 0 unspecified atom stereocenters. The van der Waals surface area contributed by atoms with E-state index in [-0.39, 0.29) is 5.91 Å². The Kier molecular flexibility index (Phi) is 4.03. The Labute approximate surface area is 158 Å². The first kappa shape index (κ1) is 16.3. The van der Waals surface area contributed by atoms with E-state index in [4.69, 9.17) is 0 Å². The molecule has 3 aromatic rings. The van der Waals surface area contributed by atoms with Crippen LogP contribution >= 0.6 is 0 Å². The van der Waals surface area contributed by atoms with Crippen LogP contribution in [0.1, 0.15) is 29.9 Å². The van der Waals surface area contributed by atoms with E-state index in [1.54, 1.807) is 6.20 Å². The van der Waals surface area contributed by atoms with Gasteiger partial charge in [0.25, 0.3) is 0 Å². The van der Waals surface area contributed by atoms with Gasteiger partial charge < -0.3 is 9.80 Å². The minimum atomic E-state index is 0.213. The fraction of sp³-hybridized carbons (Fsp3) is 0.381. The molecule has 6 nitrogen and oxygen atoms in total. The number of benzene rings is 1. The molecule has 138 valence electrons. The van der Waals surface area contributed by atoms with Crippen LogP contribution in [0.5, 0.6) is 0 Å². The van der Waals surface area contributed by atoms with E-state index in [1.807, 2.05) is 27.8 Å². The number of carbonyl (C=O) groups excluding carboxylic acids is 1. The maximum Gasteiger partial charge on any atom is 0.235 e. The average Bonchev–Trinajstić information content (AvgIpc) is 3.47. The maximum absolute atomic E-state index is 12.7. The van der Waals surface area contributed by atoms with Gasteiger partial charge in [0.2, 0.25) is 11.7 Å². The first-order chi connectivity index (χ1) is 13.3. The predicted molar refractivity (Wildman–Crippen MR) is 104 cm³/mol. The zero-order valence-corrected chi connectivity index (χ0v) is 15.3. The third-order valence-electron chi connectivity index (χ3n) is 5.56. The lowest BCUT2D eigenvalue weighted by Crippen LogP contribution is -2.49. The van der Waals surface area contributed by atoms with Gasteiger partial charge in [-0.25, -0.2) is 4.98 Å². The summed E-state index contributed by atoms with van der Waals surface area (Å²) in [6.07, 6.45) is 8.81. The lowest BCUT2D eigenvalue weighted by atomic mass is 10.1. The standard InChI is InChI=1S/C21H23N5O/c27-20(14-16-2-4-17(5-3-16)18-6-7-18)25-12-10-24(11-13-25)19-15-26-9-1-8-22-21(26)23-19/h1-5,8-9,15,18H,6-7,10-14H2. The molecular formula is C21H23N5O. The summed E-state index contributed by atoms with van der Waals surface area (Å²) in [7, 11) is 0. The molecule has 0 bridgehead atoms. The molecule has 2 aliphatic rings. The SMILES string of the molecule is O=C(Cc1ccc(C2CC2)cc1)N1CCN(c2cn3cccnc3n2)CC1. The maximum atomic E-state index is 12.7. The van der Waals surface area contributed by atoms with E-state index in [0.717, 1.165) is 43.5 Å². The molecule has 1 saturated heterocycles. The number of nitrogens with zero attached hydrogens (tertiary/aromatic N) is 5. The van der Waals surface area contributed by atoms with Gasteiger partial charge in [-0.2, -0.15) is 4.98 Å². The van der Waals surface area contributed by atoms with Crippen molar-refractivity contribution in [1.82, 2.24) is 19.3 Å². The lowest BCUT2D eigenvalue weighted by Gasteiger charge is -2.34. The molecule has 1 aliphatic heterocycles. The summed E-state index contributed by atoms with van der Waals surface area (Å²) < 4.78 is 1.93. The Morgan fingerprint density at radius 3 is 2.56 bits per heavy atom. The second-order valence-corrected chi connectivity index (χ2v) is 7.49. The Balaban J connectivity index is 1.18. The summed E-state index contributed by atoms with van der Waals surface area (Å²) in [5, 5.41) is 0. The highest BCUT2D eigenvalue weighted by atomic mass is 16.2. The molecular weight excluding hydrogens is 338 g/mol. The van der Waals surface area contributed by atoms with E-state index < -0.39 is 0 Å². The minimum Gasteiger partial charge on any atom is -0.352 e. The monoisotopic (exact) mass is 361 g/mol. The molecule has 0 atom stereocenters. The van der Waals surface area contributed by atoms with E-state index in [0.29, 0.717) is 12.2 Å². The third kappa shape index (κ3) is 3.39. The van der Waals surface area contributed by atoms with Crippen LogP contribution in [0.3, 0.4) is 0 Å². The second kappa shape index (κ2) is 6.68. The zero-order valence-electron chi connectivity index (χ0n) is 15.3. The number of carbonyl (C=O) groups is 1. The van der Waals surface area contributed by atoms with Gasteiger partial charge in [-0.3, -0.25) is 9.20 Å². The van der Waals surface area contributed by atoms with Crippen LogP contribution < -0.4 is 4.90 Å². The Hall–Kier alpha value is -2.89. The van der Waals surface area contributed by atoms with E-state index >= 15 is 0 Å². The summed E-state index contributed by atoms with van der Waals surface area (Å²) in [6, 6.07) is 10.5. The van der Waals surface area contributed by atoms with Crippen molar-refractivity contribution in [3.05, 3.63) is 60.0 Å². The predicted octanol–water partition coefficient (Wildman–Crippen LogP) is 2.50. The van der Waals surface area contributed by atoms with Crippen molar-refractivity contribution in [2.24, 2.45) is 0 Å². The van der Waals surface area contributed by atoms with Gasteiger partial charge >= 0.3 is 0 Å². The van der Waals surface area contributed by atoms with Crippen molar-refractivity contribution >= 4 is 17.5 Å². The van der Waals surface area contributed by atoms with Crippen LogP contribution in [0.2, 0.25) is 0 Å². The number of hydrogen-bond donors (Lipinski definition) is 0. The number of piperazine rings is 1. The van der Waals surface area contributed by atoms with E-state index in [1.165, 1.54) is 18.4 Å². The van der Waals surface area contributed by atoms with Gasteiger partial charge in [-0.05, 0) is 36.0 Å². The highest BCUT2D eigenvalue weighted by Gasteiger charge is 2.24. The number of imidazole rings is 1. The topological polar surface area (TPSA) is 53.7 Å². The van der Waals surface area contributed by atoms with Crippen LogP contribution in [0, 0.1) is 0 Å². The molecule has 3 heterocycles. The second-order valence-electron chi connectivity index (χ2n) is 7.49. The van der Waals surface area contributed by atoms with Gasteiger partial charge in [0.05, 0.1) is 12.6 Å². The normalized spacial score (nSPS) is 17.5. The highest BCUT2D eigenvalue weighted by Crippen LogP contribution is 2.39. The first-order valence-electron chi connectivity index (χ1n) is 9.67. The van der Waals surface area contributed by atoms with Crippen molar-refractivity contribution in [3.63, 3.8) is 0 Å². The molecule has 0 radical (unpaired) electrons. The first-order valence-corrected chi connectivity index (χ1v) is 9.67. The van der Waals surface area contributed by atoms with Crippen molar-refractivity contribution in [1.29, 1.82) is 0 Å². The molecule has 2 fully saturated rings. The molecule has 1 aliphatic carbocycles. The van der Waals surface area contributed by atoms with Crippen LogP contribution in [0.25, 0.3) is 5.78 Å². The molecule has 6 heteroatoms. The van der Waals surface area contributed by atoms with Crippen molar-refractivity contribution in [2.75, 3.05) is 31.1 Å². The van der Waals surface area contributed by atoms with Gasteiger partial charge in [0.1, 0.15) is 5.82 Å². The van der Waals surface area contributed by atoms with Gasteiger partial charge in [0, 0.05) is 38.6 Å². The van der Waals surface area contributed by atoms with Crippen molar-refractivity contribution < 1.29 is 4.79 Å². The van der Waals surface area contributed by atoms with Crippen LogP contribution in [0.15, 0.2) is 48.9 Å². The summed E-state index contributed by atoms with van der Waals surface area (Å²) in [5.41, 5.74) is 2.53. The fourth-order valence-electron chi connectivity index (χ4n) is 3.77. The number of rotatable bonds is 4. The number of amides is 1. The molecule has 0 N–H and O–H groups in total. The molecule has 27 heavy (non-hydrogen) atoms. The zero-order chi connectivity index (χ0) is 18.2. The molecule has 5 rings (SSSR count). The van der Waals surface area contributed by atoms with Gasteiger partial charge in [0.15, 0.2) is 0 Å². The summed E-state index contributed by atoms with van der Waals surface area (Å²) >= 11 is 0. The van der Waals surface area contributed by atoms with Crippen LogP contribution in [0.4, 0.5) is 5.82 Å². The number of anilines is 1. The molecule has 0 spiro atoms. The summed E-state index contributed by atoms with van der Waals surface area (Å²) in [4.78, 5) is 25.7. The third-order valence-corrected chi connectivity index (χ3v) is 5.56. The largest absolute Gasteiger partial charge is 0.352 e. The number of aromatic nitrogens is 3. The van der Waals surface area contributed by atoms with Gasteiger partial charge in [-0.15, -0.1) is 0 Å². The summed E-state index contributed by atoms with van der Waals surface area (Å²) in [6.45, 7) is 3.08. The number of fused-ring (bicyclic) bond motifs is 1. The highest BCUT2D eigenvalue weighted by molar-refractivity contribution is 5.79. The number of hydrogen-bond acceptors (Lipinski definition) is 4. The molecule has 2 aromatic heterocycles. The van der Waals surface area contributed by atoms with Crippen LogP contribution in [-0.2, 0) is 11.2 Å². The Morgan fingerprint density at radius 1 is 1.07 bits per heavy atom. The summed E-state index contributed by atoms with van der Waals surface area (Å²) in [5.74, 6) is 2.61. The van der Waals surface area contributed by atoms with Gasteiger partial charge in [-0.1, -0.05) is 24.3 Å².